The molecule has 0 unspecified atom stereocenters. The molecule has 0 bridgehead atoms. The van der Waals surface area contributed by atoms with Crippen LogP contribution in [0.2, 0.25) is 0 Å². The van der Waals surface area contributed by atoms with E-state index in [1.165, 1.54) is 0 Å². The first-order valence-electron chi connectivity index (χ1n) is 5.44. The van der Waals surface area contributed by atoms with E-state index in [-0.39, 0.29) is 25.0 Å². The topological polar surface area (TPSA) is 69.6 Å². The third kappa shape index (κ3) is 7.63. The molecule has 17 heavy (non-hydrogen) atoms. The molecule has 0 heterocycles. The van der Waals surface area contributed by atoms with Crippen molar-refractivity contribution < 1.29 is 14.7 Å². The van der Waals surface area contributed by atoms with E-state index in [0.29, 0.717) is 18.0 Å². The van der Waals surface area contributed by atoms with Gasteiger partial charge in [0, 0.05) is 24.0 Å². The van der Waals surface area contributed by atoms with Gasteiger partial charge in [0.15, 0.2) is 0 Å². The molecule has 0 aromatic carbocycles. The summed E-state index contributed by atoms with van der Waals surface area (Å²) in [4.78, 5) is 23.7. The molecule has 0 aliphatic heterocycles. The average molecular weight is 263 g/mol. The molecule has 0 aromatic rings. The lowest BCUT2D eigenvalue weighted by Gasteiger charge is -2.26. The molecule has 6 heteroatoms. The Labute approximate surface area is 106 Å². The molecule has 0 spiro atoms. The van der Waals surface area contributed by atoms with Crippen molar-refractivity contribution in [1.82, 2.24) is 10.2 Å². The van der Waals surface area contributed by atoms with Crippen molar-refractivity contribution in [1.29, 1.82) is 0 Å². The van der Waals surface area contributed by atoms with Crippen molar-refractivity contribution >= 4 is 23.6 Å². The van der Waals surface area contributed by atoms with Gasteiger partial charge in [-0.05, 0) is 20.3 Å². The minimum Gasteiger partial charge on any atom is -0.481 e. The highest BCUT2D eigenvalue weighted by atomic mass is 35.5. The van der Waals surface area contributed by atoms with Crippen LogP contribution in [0.15, 0.2) is 11.6 Å². The number of carbonyl (C=O) groups excluding carboxylic acids is 1. The minimum absolute atomic E-state index is 0.00684. The van der Waals surface area contributed by atoms with Crippen molar-refractivity contribution in [3.8, 4) is 0 Å². The molecule has 0 atom stereocenters. The van der Waals surface area contributed by atoms with E-state index in [0.717, 1.165) is 0 Å². The van der Waals surface area contributed by atoms with Gasteiger partial charge < -0.3 is 15.3 Å². The largest absolute Gasteiger partial charge is 0.481 e. The number of halogens is 1. The molecule has 0 rings (SSSR count). The van der Waals surface area contributed by atoms with Crippen molar-refractivity contribution in [3.05, 3.63) is 11.6 Å². The molecule has 0 radical (unpaired) electrons. The minimum atomic E-state index is -0.858. The van der Waals surface area contributed by atoms with Gasteiger partial charge in [0.05, 0.1) is 6.54 Å². The van der Waals surface area contributed by atoms with Crippen molar-refractivity contribution in [2.24, 2.45) is 0 Å². The van der Waals surface area contributed by atoms with Gasteiger partial charge >= 0.3 is 12.0 Å². The van der Waals surface area contributed by atoms with E-state index in [1.807, 2.05) is 13.8 Å². The molecule has 0 fully saturated rings. The quantitative estimate of drug-likeness (QED) is 0.738. The van der Waals surface area contributed by atoms with Gasteiger partial charge in [-0.15, -0.1) is 0 Å². The predicted octanol–water partition coefficient (Wildman–Crippen LogP) is 2.02. The summed E-state index contributed by atoms with van der Waals surface area (Å²) in [5, 5.41) is 11.5. The zero-order valence-corrected chi connectivity index (χ0v) is 11.0. The highest BCUT2D eigenvalue weighted by Gasteiger charge is 2.16. The number of hydrogen-bond acceptors (Lipinski definition) is 2. The number of carboxylic acids is 1. The van der Waals surface area contributed by atoms with E-state index >= 15 is 0 Å². The highest BCUT2D eigenvalue weighted by molar-refractivity contribution is 6.29. The normalized spacial score (nSPS) is 10.1. The van der Waals surface area contributed by atoms with Crippen LogP contribution in [0.3, 0.4) is 0 Å². The van der Waals surface area contributed by atoms with Gasteiger partial charge in [0.1, 0.15) is 0 Å². The summed E-state index contributed by atoms with van der Waals surface area (Å²) >= 11 is 5.55. The Morgan fingerprint density at radius 3 is 2.47 bits per heavy atom. The number of amides is 2. The SMILES string of the molecule is C=C(Cl)CNC(=O)N(CCCC(=O)O)C(C)C. The maximum Gasteiger partial charge on any atom is 0.317 e. The first kappa shape index (κ1) is 15.8. The molecule has 2 amide bonds. The van der Waals surface area contributed by atoms with Gasteiger partial charge in [0.2, 0.25) is 0 Å². The van der Waals surface area contributed by atoms with Gasteiger partial charge in [-0.2, -0.15) is 0 Å². The molecule has 0 saturated carbocycles. The number of aliphatic carboxylic acids is 1. The molecule has 0 aliphatic rings. The first-order valence-corrected chi connectivity index (χ1v) is 5.82. The van der Waals surface area contributed by atoms with Gasteiger partial charge in [0.25, 0.3) is 0 Å². The third-order valence-electron chi connectivity index (χ3n) is 2.11. The van der Waals surface area contributed by atoms with E-state index in [2.05, 4.69) is 11.9 Å². The Morgan fingerprint density at radius 1 is 1.47 bits per heavy atom. The number of rotatable bonds is 7. The van der Waals surface area contributed by atoms with Crippen LogP contribution in [0.1, 0.15) is 26.7 Å². The Kier molecular flexibility index (Phi) is 7.37. The van der Waals surface area contributed by atoms with Crippen molar-refractivity contribution in [3.63, 3.8) is 0 Å². The second-order valence-corrected chi connectivity index (χ2v) is 4.49. The Morgan fingerprint density at radius 2 is 2.06 bits per heavy atom. The molecule has 5 nitrogen and oxygen atoms in total. The van der Waals surface area contributed by atoms with Crippen molar-refractivity contribution in [2.45, 2.75) is 32.7 Å². The highest BCUT2D eigenvalue weighted by Crippen LogP contribution is 2.03. The zero-order chi connectivity index (χ0) is 13.4. The lowest BCUT2D eigenvalue weighted by Crippen LogP contribution is -2.44. The van der Waals surface area contributed by atoms with Crippen LogP contribution in [0.5, 0.6) is 0 Å². The number of nitrogens with zero attached hydrogens (tertiary/aromatic N) is 1. The maximum absolute atomic E-state index is 11.7. The lowest BCUT2D eigenvalue weighted by molar-refractivity contribution is -0.137. The number of nitrogens with one attached hydrogen (secondary N) is 1. The second kappa shape index (κ2) is 7.95. The summed E-state index contributed by atoms with van der Waals surface area (Å²) < 4.78 is 0. The Hall–Kier alpha value is -1.23. The summed E-state index contributed by atoms with van der Waals surface area (Å²) in [6.07, 6.45) is 0.488. The van der Waals surface area contributed by atoms with Crippen LogP contribution in [0.25, 0.3) is 0 Å². The molecular formula is C11H19ClN2O3. The predicted molar refractivity (Wildman–Crippen MR) is 67.1 cm³/mol. The summed E-state index contributed by atoms with van der Waals surface area (Å²) in [7, 11) is 0. The molecule has 0 saturated heterocycles. The summed E-state index contributed by atoms with van der Waals surface area (Å²) in [5.74, 6) is -0.858. The summed E-state index contributed by atoms with van der Waals surface area (Å²) in [6.45, 7) is 7.83. The first-order chi connectivity index (χ1) is 7.84. The van der Waals surface area contributed by atoms with E-state index in [1.54, 1.807) is 4.90 Å². The van der Waals surface area contributed by atoms with Crippen LogP contribution >= 0.6 is 11.6 Å². The smallest absolute Gasteiger partial charge is 0.317 e. The summed E-state index contributed by atoms with van der Waals surface area (Å²) in [5.41, 5.74) is 0. The van der Waals surface area contributed by atoms with E-state index in [4.69, 9.17) is 16.7 Å². The average Bonchev–Trinajstić information content (AvgIpc) is 2.20. The van der Waals surface area contributed by atoms with Crippen LogP contribution in [-0.2, 0) is 4.79 Å². The zero-order valence-electron chi connectivity index (χ0n) is 10.2. The van der Waals surface area contributed by atoms with Crippen LogP contribution in [0, 0.1) is 0 Å². The van der Waals surface area contributed by atoms with Gasteiger partial charge in [-0.3, -0.25) is 4.79 Å². The standard InChI is InChI=1S/C11H19ClN2O3/c1-8(2)14(6-4-5-10(15)16)11(17)13-7-9(3)12/h8H,3-7H2,1-2H3,(H,13,17)(H,15,16). The fourth-order valence-corrected chi connectivity index (χ4v) is 1.33. The van der Waals surface area contributed by atoms with Crippen LogP contribution in [-0.4, -0.2) is 41.1 Å². The molecule has 0 aliphatic carbocycles. The molecule has 2 N–H and O–H groups in total. The number of carbonyl (C=O) groups is 2. The van der Waals surface area contributed by atoms with Gasteiger partial charge in [-0.25, -0.2) is 4.79 Å². The molecular weight excluding hydrogens is 244 g/mol. The van der Waals surface area contributed by atoms with E-state index in [9.17, 15) is 9.59 Å². The maximum atomic E-state index is 11.7. The number of urea groups is 1. The Balaban J connectivity index is 4.17. The van der Waals surface area contributed by atoms with Crippen LogP contribution < -0.4 is 5.32 Å². The number of hydrogen-bond donors (Lipinski definition) is 2. The fraction of sp³-hybridized carbons (Fsp3) is 0.636. The lowest BCUT2D eigenvalue weighted by atomic mass is 10.2. The Bertz CT molecular complexity index is 292. The fourth-order valence-electron chi connectivity index (χ4n) is 1.27. The monoisotopic (exact) mass is 262 g/mol. The van der Waals surface area contributed by atoms with E-state index < -0.39 is 5.97 Å². The second-order valence-electron chi connectivity index (χ2n) is 3.96. The van der Waals surface area contributed by atoms with Crippen molar-refractivity contribution in [2.75, 3.05) is 13.1 Å². The third-order valence-corrected chi connectivity index (χ3v) is 2.24. The summed E-state index contributed by atoms with van der Waals surface area (Å²) in [6, 6.07) is -0.250. The van der Waals surface area contributed by atoms with Crippen LogP contribution in [0.4, 0.5) is 4.79 Å². The molecule has 0 aromatic heterocycles. The number of carboxylic acid groups (broad SMARTS) is 1. The molecule has 98 valence electrons. The van der Waals surface area contributed by atoms with Gasteiger partial charge in [-0.1, -0.05) is 18.2 Å².